The van der Waals surface area contributed by atoms with Crippen molar-refractivity contribution in [3.63, 3.8) is 0 Å². The average molecular weight is 383 g/mol. The zero-order valence-corrected chi connectivity index (χ0v) is 17.7. The van der Waals surface area contributed by atoms with Gasteiger partial charge in [0.15, 0.2) is 0 Å². The van der Waals surface area contributed by atoms with E-state index in [2.05, 4.69) is 43.8 Å². The van der Waals surface area contributed by atoms with Gasteiger partial charge in [-0.1, -0.05) is 75.2 Å². The Hall–Kier alpha value is -2.06. The molecule has 2 aromatic rings. The van der Waals surface area contributed by atoms with Crippen LogP contribution in [0.5, 0.6) is 0 Å². The summed E-state index contributed by atoms with van der Waals surface area (Å²) in [7, 11) is 0. The molecule has 27 heavy (non-hydrogen) atoms. The molecule has 144 valence electrons. The lowest BCUT2D eigenvalue weighted by Gasteiger charge is -2.32. The summed E-state index contributed by atoms with van der Waals surface area (Å²) >= 11 is 6.17. The van der Waals surface area contributed by atoms with Crippen LogP contribution in [0.4, 0.5) is 0 Å². The first-order valence-corrected chi connectivity index (χ1v) is 10.1. The van der Waals surface area contributed by atoms with Gasteiger partial charge in [-0.05, 0) is 66.6 Å². The summed E-state index contributed by atoms with van der Waals surface area (Å²) in [5.74, 6) is 1.30. The third-order valence-electron chi connectivity index (χ3n) is 4.85. The Bertz CT molecular complexity index is 817. The van der Waals surface area contributed by atoms with Crippen molar-refractivity contribution in [3.05, 3.63) is 71.3 Å². The van der Waals surface area contributed by atoms with Crippen LogP contribution in [0.15, 0.2) is 65.7 Å². The van der Waals surface area contributed by atoms with Crippen molar-refractivity contribution in [2.75, 3.05) is 0 Å². The molecule has 0 saturated heterocycles. The number of aliphatic imine (C=N–C) groups is 1. The lowest BCUT2D eigenvalue weighted by atomic mass is 9.79. The van der Waals surface area contributed by atoms with E-state index in [9.17, 15) is 0 Å². The number of nitrogens with zero attached hydrogens (tertiary/aromatic N) is 1. The molecule has 1 saturated carbocycles. The summed E-state index contributed by atoms with van der Waals surface area (Å²) in [5.41, 5.74) is 9.98. The fourth-order valence-electron chi connectivity index (χ4n) is 3.41. The van der Waals surface area contributed by atoms with E-state index in [0.29, 0.717) is 11.8 Å². The fraction of sp³-hybridized carbons (Fsp3) is 0.375. The van der Waals surface area contributed by atoms with Crippen molar-refractivity contribution in [2.24, 2.45) is 16.6 Å². The number of hydrogen-bond acceptors (Lipinski definition) is 1. The van der Waals surface area contributed by atoms with Crippen molar-refractivity contribution in [2.45, 2.75) is 52.5 Å². The number of amidine groups is 1. The Morgan fingerprint density at radius 3 is 2.22 bits per heavy atom. The van der Waals surface area contributed by atoms with Crippen molar-refractivity contribution >= 4 is 17.4 Å². The fourth-order valence-corrected chi connectivity index (χ4v) is 3.60. The largest absolute Gasteiger partial charge is 0.388 e. The molecule has 1 aliphatic rings. The molecule has 3 rings (SSSR count). The molecule has 2 nitrogen and oxygen atoms in total. The number of nitrogens with two attached hydrogens (primary N) is 1. The van der Waals surface area contributed by atoms with Crippen molar-refractivity contribution in [3.8, 4) is 11.1 Å². The summed E-state index contributed by atoms with van der Waals surface area (Å²) in [6.07, 6.45) is 3.50. The highest BCUT2D eigenvalue weighted by Crippen LogP contribution is 2.47. The highest BCUT2D eigenvalue weighted by Gasteiger charge is 2.39. The Kier molecular flexibility index (Phi) is 7.26. The standard InChI is InChI=1S/C22H25ClN2.C2H6/c1-15(2)22(25-16(3)24,14-17-10-11-17)20-8-4-6-18(12-20)19-7-5-9-21(23)13-19;1-2/h4-9,12-13,17H,1,10-11,14H2,2-3H3,(H2,24,25);1-2H3. The van der Waals surface area contributed by atoms with Gasteiger partial charge in [-0.3, -0.25) is 4.99 Å². The van der Waals surface area contributed by atoms with Gasteiger partial charge in [0.25, 0.3) is 0 Å². The third kappa shape index (κ3) is 5.23. The smallest absolute Gasteiger partial charge is 0.108 e. The highest BCUT2D eigenvalue weighted by atomic mass is 35.5. The van der Waals surface area contributed by atoms with Gasteiger partial charge in [-0.2, -0.15) is 0 Å². The molecule has 0 amide bonds. The molecule has 1 atom stereocenters. The second-order valence-corrected chi connectivity index (χ2v) is 7.57. The minimum Gasteiger partial charge on any atom is -0.388 e. The molecule has 1 aliphatic carbocycles. The van der Waals surface area contributed by atoms with Gasteiger partial charge in [0.1, 0.15) is 5.54 Å². The predicted molar refractivity (Wildman–Crippen MR) is 119 cm³/mol. The van der Waals surface area contributed by atoms with Gasteiger partial charge in [0.05, 0.1) is 5.84 Å². The van der Waals surface area contributed by atoms with Crippen LogP contribution in [0.1, 0.15) is 52.5 Å². The number of halogens is 1. The van der Waals surface area contributed by atoms with Gasteiger partial charge >= 0.3 is 0 Å². The SMILES string of the molecule is C=C(C)C(CC1CC1)(N=C(C)N)c1cccc(-c2cccc(Cl)c2)c1.CC. The number of rotatable bonds is 6. The Morgan fingerprint density at radius 2 is 1.70 bits per heavy atom. The van der Waals surface area contributed by atoms with Crippen molar-refractivity contribution < 1.29 is 0 Å². The quantitative estimate of drug-likeness (QED) is 0.326. The molecule has 0 aliphatic heterocycles. The molecule has 1 unspecified atom stereocenters. The maximum atomic E-state index is 6.17. The van der Waals surface area contributed by atoms with E-state index < -0.39 is 5.54 Å². The van der Waals surface area contributed by atoms with E-state index in [1.165, 1.54) is 12.8 Å². The molecule has 2 N–H and O–H groups in total. The maximum Gasteiger partial charge on any atom is 0.108 e. The Balaban J connectivity index is 0.00000126. The lowest BCUT2D eigenvalue weighted by molar-refractivity contribution is 0.453. The molecular weight excluding hydrogens is 352 g/mol. The highest BCUT2D eigenvalue weighted by molar-refractivity contribution is 6.30. The summed E-state index contributed by atoms with van der Waals surface area (Å²) in [4.78, 5) is 4.88. The number of hydrogen-bond donors (Lipinski definition) is 1. The molecule has 0 heterocycles. The van der Waals surface area contributed by atoms with Crippen molar-refractivity contribution in [1.82, 2.24) is 0 Å². The molecular formula is C24H31ClN2. The second kappa shape index (κ2) is 9.23. The van der Waals surface area contributed by atoms with E-state index in [-0.39, 0.29) is 0 Å². The van der Waals surface area contributed by atoms with E-state index >= 15 is 0 Å². The van der Waals surface area contributed by atoms with Gasteiger partial charge in [0, 0.05) is 5.02 Å². The lowest BCUT2D eigenvalue weighted by Crippen LogP contribution is -2.29. The second-order valence-electron chi connectivity index (χ2n) is 7.13. The summed E-state index contributed by atoms with van der Waals surface area (Å²) in [6, 6.07) is 16.5. The van der Waals surface area contributed by atoms with Gasteiger partial charge in [-0.25, -0.2) is 0 Å². The van der Waals surface area contributed by atoms with Crippen LogP contribution in [-0.4, -0.2) is 5.84 Å². The molecule has 3 heteroatoms. The van der Waals surface area contributed by atoms with Crippen LogP contribution in [0.3, 0.4) is 0 Å². The van der Waals surface area contributed by atoms with E-state index in [4.69, 9.17) is 22.3 Å². The monoisotopic (exact) mass is 382 g/mol. The van der Waals surface area contributed by atoms with Gasteiger partial charge in [0.2, 0.25) is 0 Å². The summed E-state index contributed by atoms with van der Waals surface area (Å²) < 4.78 is 0. The average Bonchev–Trinajstić information content (AvgIpc) is 3.46. The summed E-state index contributed by atoms with van der Waals surface area (Å²) in [5, 5.41) is 0.739. The number of benzene rings is 2. The molecule has 0 spiro atoms. The first-order valence-electron chi connectivity index (χ1n) is 9.75. The molecule has 0 radical (unpaired) electrons. The Morgan fingerprint density at radius 1 is 1.11 bits per heavy atom. The van der Waals surface area contributed by atoms with Crippen LogP contribution < -0.4 is 5.73 Å². The van der Waals surface area contributed by atoms with Crippen LogP contribution in [-0.2, 0) is 5.54 Å². The maximum absolute atomic E-state index is 6.17. The predicted octanol–water partition coefficient (Wildman–Crippen LogP) is 6.98. The first-order chi connectivity index (χ1) is 12.9. The van der Waals surface area contributed by atoms with Crippen LogP contribution in [0.2, 0.25) is 5.02 Å². The van der Waals surface area contributed by atoms with Gasteiger partial charge in [-0.15, -0.1) is 0 Å². The van der Waals surface area contributed by atoms with Crippen LogP contribution in [0, 0.1) is 5.92 Å². The molecule has 0 bridgehead atoms. The first kappa shape index (κ1) is 21.2. The van der Waals surface area contributed by atoms with E-state index in [1.54, 1.807) is 0 Å². The minimum absolute atomic E-state index is 0.450. The van der Waals surface area contributed by atoms with Crippen LogP contribution in [0.25, 0.3) is 11.1 Å². The topological polar surface area (TPSA) is 38.4 Å². The van der Waals surface area contributed by atoms with Crippen molar-refractivity contribution in [1.29, 1.82) is 0 Å². The molecule has 2 aromatic carbocycles. The zero-order valence-electron chi connectivity index (χ0n) is 16.9. The molecule has 1 fully saturated rings. The van der Waals surface area contributed by atoms with Gasteiger partial charge < -0.3 is 5.73 Å². The van der Waals surface area contributed by atoms with Crippen LogP contribution >= 0.6 is 11.6 Å². The third-order valence-corrected chi connectivity index (χ3v) is 5.09. The minimum atomic E-state index is -0.450. The summed E-state index contributed by atoms with van der Waals surface area (Å²) in [6.45, 7) is 12.2. The molecule has 0 aromatic heterocycles. The van der Waals surface area contributed by atoms with E-state index in [0.717, 1.165) is 33.7 Å². The zero-order chi connectivity index (χ0) is 20.0. The Labute approximate surface area is 169 Å². The van der Waals surface area contributed by atoms with E-state index in [1.807, 2.05) is 39.0 Å². The normalized spacial score (nSPS) is 16.1.